The molecule has 0 aliphatic carbocycles. The standard InChI is InChI=1S/C10H13IN6/c1-3-6-8(11)10(12-4-2)15-9(14-6)7-5-13-17-16-7/h5H,3-4H2,1-2H3,(H,12,14,15)(H,13,16,17). The molecule has 0 aliphatic rings. The Kier molecular flexibility index (Phi) is 3.87. The molecule has 2 rings (SSSR count). The summed E-state index contributed by atoms with van der Waals surface area (Å²) < 4.78 is 1.07. The molecular formula is C10H13IN6. The normalized spacial score (nSPS) is 10.5. The van der Waals surface area contributed by atoms with Crippen LogP contribution in [0.25, 0.3) is 11.5 Å². The highest BCUT2D eigenvalue weighted by Gasteiger charge is 2.13. The van der Waals surface area contributed by atoms with Crippen molar-refractivity contribution in [3.63, 3.8) is 0 Å². The average Bonchev–Trinajstić information content (AvgIpc) is 2.85. The maximum atomic E-state index is 4.50. The summed E-state index contributed by atoms with van der Waals surface area (Å²) in [5, 5.41) is 13.6. The van der Waals surface area contributed by atoms with E-state index in [2.05, 4.69) is 60.2 Å². The minimum absolute atomic E-state index is 0.604. The van der Waals surface area contributed by atoms with Crippen LogP contribution in [-0.2, 0) is 6.42 Å². The molecule has 0 spiro atoms. The Morgan fingerprint density at radius 3 is 2.76 bits per heavy atom. The highest BCUT2D eigenvalue weighted by Crippen LogP contribution is 2.22. The van der Waals surface area contributed by atoms with Gasteiger partial charge in [0.2, 0.25) is 0 Å². The lowest BCUT2D eigenvalue weighted by atomic mass is 10.3. The van der Waals surface area contributed by atoms with E-state index in [1.54, 1.807) is 6.20 Å². The maximum absolute atomic E-state index is 4.50. The number of halogens is 1. The summed E-state index contributed by atoms with van der Waals surface area (Å²) in [6.45, 7) is 4.95. The van der Waals surface area contributed by atoms with E-state index in [-0.39, 0.29) is 0 Å². The second kappa shape index (κ2) is 5.39. The molecular weight excluding hydrogens is 331 g/mol. The molecule has 0 aliphatic heterocycles. The number of nitrogens with one attached hydrogen (secondary N) is 2. The third kappa shape index (κ3) is 2.54. The van der Waals surface area contributed by atoms with E-state index in [1.807, 2.05) is 6.92 Å². The van der Waals surface area contributed by atoms with Crippen LogP contribution in [0.15, 0.2) is 6.20 Å². The number of hydrogen-bond donors (Lipinski definition) is 2. The van der Waals surface area contributed by atoms with Crippen molar-refractivity contribution in [1.82, 2.24) is 25.4 Å². The van der Waals surface area contributed by atoms with Gasteiger partial charge in [0.25, 0.3) is 0 Å². The molecule has 0 saturated carbocycles. The molecule has 2 N–H and O–H groups in total. The van der Waals surface area contributed by atoms with E-state index in [1.165, 1.54) is 0 Å². The van der Waals surface area contributed by atoms with Crippen molar-refractivity contribution in [2.24, 2.45) is 0 Å². The smallest absolute Gasteiger partial charge is 0.184 e. The molecule has 0 unspecified atom stereocenters. The predicted molar refractivity (Wildman–Crippen MR) is 73.7 cm³/mol. The van der Waals surface area contributed by atoms with Gasteiger partial charge in [-0.3, -0.25) is 0 Å². The summed E-state index contributed by atoms with van der Waals surface area (Å²) in [7, 11) is 0. The number of rotatable bonds is 4. The van der Waals surface area contributed by atoms with E-state index in [9.17, 15) is 0 Å². The average molecular weight is 344 g/mol. The van der Waals surface area contributed by atoms with Crippen LogP contribution >= 0.6 is 22.6 Å². The van der Waals surface area contributed by atoms with Crippen molar-refractivity contribution in [2.45, 2.75) is 20.3 Å². The van der Waals surface area contributed by atoms with Crippen molar-refractivity contribution in [1.29, 1.82) is 0 Å². The van der Waals surface area contributed by atoms with Gasteiger partial charge >= 0.3 is 0 Å². The molecule has 2 aromatic heterocycles. The fraction of sp³-hybridized carbons (Fsp3) is 0.400. The van der Waals surface area contributed by atoms with Crippen LogP contribution < -0.4 is 5.32 Å². The molecule has 0 amide bonds. The third-order valence-electron chi connectivity index (χ3n) is 2.24. The Hall–Kier alpha value is -1.25. The number of aryl methyl sites for hydroxylation is 1. The predicted octanol–water partition coefficient (Wildman–Crippen LogP) is 1.86. The first-order chi connectivity index (χ1) is 8.26. The molecule has 0 saturated heterocycles. The van der Waals surface area contributed by atoms with Crippen molar-refractivity contribution in [2.75, 3.05) is 11.9 Å². The topological polar surface area (TPSA) is 79.4 Å². The van der Waals surface area contributed by atoms with Crippen molar-refractivity contribution < 1.29 is 0 Å². The number of anilines is 1. The fourth-order valence-electron chi connectivity index (χ4n) is 1.44. The lowest BCUT2D eigenvalue weighted by molar-refractivity contribution is 0.931. The van der Waals surface area contributed by atoms with Gasteiger partial charge < -0.3 is 5.32 Å². The quantitative estimate of drug-likeness (QED) is 0.828. The lowest BCUT2D eigenvalue weighted by Crippen LogP contribution is -2.07. The zero-order valence-electron chi connectivity index (χ0n) is 9.66. The summed E-state index contributed by atoms with van der Waals surface area (Å²) >= 11 is 2.27. The molecule has 6 nitrogen and oxygen atoms in total. The number of hydrogen-bond acceptors (Lipinski definition) is 5. The van der Waals surface area contributed by atoms with Gasteiger partial charge in [0.1, 0.15) is 11.5 Å². The Balaban J connectivity index is 2.50. The molecule has 0 radical (unpaired) electrons. The van der Waals surface area contributed by atoms with Gasteiger partial charge in [0.15, 0.2) is 5.82 Å². The Labute approximate surface area is 113 Å². The first-order valence-electron chi connectivity index (χ1n) is 5.42. The van der Waals surface area contributed by atoms with Crippen LogP contribution in [-0.4, -0.2) is 31.9 Å². The Bertz CT molecular complexity index is 496. The number of aromatic nitrogens is 5. The molecule has 17 heavy (non-hydrogen) atoms. The summed E-state index contributed by atoms with van der Waals surface area (Å²) in [6, 6.07) is 0. The summed E-state index contributed by atoms with van der Waals surface area (Å²) in [6.07, 6.45) is 2.49. The van der Waals surface area contributed by atoms with Crippen LogP contribution in [0.2, 0.25) is 0 Å². The molecule has 0 bridgehead atoms. The molecule has 7 heteroatoms. The summed E-state index contributed by atoms with van der Waals surface area (Å²) in [4.78, 5) is 8.96. The summed E-state index contributed by atoms with van der Waals surface area (Å²) in [5.41, 5.74) is 1.69. The molecule has 0 fully saturated rings. The van der Waals surface area contributed by atoms with Crippen LogP contribution in [0, 0.1) is 3.57 Å². The fourth-order valence-corrected chi connectivity index (χ4v) is 2.25. The maximum Gasteiger partial charge on any atom is 0.184 e. The first-order valence-corrected chi connectivity index (χ1v) is 6.50. The van der Waals surface area contributed by atoms with Crippen LogP contribution in [0.4, 0.5) is 5.82 Å². The second-order valence-electron chi connectivity index (χ2n) is 3.40. The van der Waals surface area contributed by atoms with E-state index in [0.717, 1.165) is 28.0 Å². The van der Waals surface area contributed by atoms with Gasteiger partial charge in [-0.1, -0.05) is 6.92 Å². The zero-order chi connectivity index (χ0) is 12.3. The van der Waals surface area contributed by atoms with E-state index in [0.29, 0.717) is 11.5 Å². The van der Waals surface area contributed by atoms with Gasteiger partial charge in [0, 0.05) is 6.54 Å². The zero-order valence-corrected chi connectivity index (χ0v) is 11.8. The van der Waals surface area contributed by atoms with Crippen molar-refractivity contribution in [3.05, 3.63) is 15.5 Å². The molecule has 2 heterocycles. The number of nitrogens with zero attached hydrogens (tertiary/aromatic N) is 4. The molecule has 90 valence electrons. The van der Waals surface area contributed by atoms with E-state index >= 15 is 0 Å². The van der Waals surface area contributed by atoms with Gasteiger partial charge in [0.05, 0.1) is 15.5 Å². The number of H-pyrrole nitrogens is 1. The van der Waals surface area contributed by atoms with Gasteiger partial charge in [-0.15, -0.1) is 0 Å². The SMILES string of the molecule is CCNc1nc(-c2cn[nH]n2)nc(CC)c1I. The van der Waals surface area contributed by atoms with Crippen LogP contribution in [0.5, 0.6) is 0 Å². The van der Waals surface area contributed by atoms with Gasteiger partial charge in [-0.05, 0) is 35.9 Å². The van der Waals surface area contributed by atoms with Crippen molar-refractivity contribution in [3.8, 4) is 11.5 Å². The second-order valence-corrected chi connectivity index (χ2v) is 4.47. The van der Waals surface area contributed by atoms with Gasteiger partial charge in [-0.25, -0.2) is 9.97 Å². The van der Waals surface area contributed by atoms with Gasteiger partial charge in [-0.2, -0.15) is 15.4 Å². The molecule has 0 aromatic carbocycles. The number of aromatic amines is 1. The first kappa shape index (κ1) is 12.2. The Morgan fingerprint density at radius 2 is 2.18 bits per heavy atom. The lowest BCUT2D eigenvalue weighted by Gasteiger charge is -2.09. The summed E-state index contributed by atoms with van der Waals surface area (Å²) in [5.74, 6) is 1.46. The monoisotopic (exact) mass is 344 g/mol. The minimum atomic E-state index is 0.604. The third-order valence-corrected chi connectivity index (χ3v) is 3.38. The minimum Gasteiger partial charge on any atom is -0.369 e. The highest BCUT2D eigenvalue weighted by atomic mass is 127. The van der Waals surface area contributed by atoms with E-state index in [4.69, 9.17) is 0 Å². The van der Waals surface area contributed by atoms with Crippen LogP contribution in [0.1, 0.15) is 19.5 Å². The largest absolute Gasteiger partial charge is 0.369 e. The van der Waals surface area contributed by atoms with Crippen LogP contribution in [0.3, 0.4) is 0 Å². The van der Waals surface area contributed by atoms with Crippen molar-refractivity contribution >= 4 is 28.4 Å². The molecule has 0 atom stereocenters. The van der Waals surface area contributed by atoms with E-state index < -0.39 is 0 Å². The highest BCUT2D eigenvalue weighted by molar-refractivity contribution is 14.1. The molecule has 2 aromatic rings. The Morgan fingerprint density at radius 1 is 1.35 bits per heavy atom.